The van der Waals surface area contributed by atoms with Gasteiger partial charge in [-0.2, -0.15) is 10.4 Å². The van der Waals surface area contributed by atoms with E-state index in [2.05, 4.69) is 20.4 Å². The van der Waals surface area contributed by atoms with Crippen molar-refractivity contribution in [1.29, 1.82) is 5.26 Å². The normalized spacial score (nSPS) is 11.9. The van der Waals surface area contributed by atoms with Gasteiger partial charge >= 0.3 is 0 Å². The highest BCUT2D eigenvalue weighted by Crippen LogP contribution is 2.25. The molecule has 0 aliphatic rings. The van der Waals surface area contributed by atoms with Crippen molar-refractivity contribution in [3.05, 3.63) is 76.7 Å². The van der Waals surface area contributed by atoms with Crippen molar-refractivity contribution in [2.75, 3.05) is 17.7 Å². The van der Waals surface area contributed by atoms with E-state index in [9.17, 15) is 15.2 Å². The van der Waals surface area contributed by atoms with Gasteiger partial charge in [-0.25, -0.2) is 14.5 Å². The van der Waals surface area contributed by atoms with Gasteiger partial charge in [0, 0.05) is 12.8 Å². The summed E-state index contributed by atoms with van der Waals surface area (Å²) in [5, 5.41) is 26.8. The van der Waals surface area contributed by atoms with Crippen LogP contribution in [0.4, 0.5) is 11.6 Å². The molecule has 0 fully saturated rings. The van der Waals surface area contributed by atoms with E-state index in [0.29, 0.717) is 17.0 Å². The minimum atomic E-state index is -0.642. The smallest absolute Gasteiger partial charge is 0.282 e. The van der Waals surface area contributed by atoms with Crippen molar-refractivity contribution < 1.29 is 5.11 Å². The van der Waals surface area contributed by atoms with Crippen LogP contribution in [0.3, 0.4) is 0 Å². The van der Waals surface area contributed by atoms with Crippen LogP contribution < -0.4 is 16.6 Å². The summed E-state index contributed by atoms with van der Waals surface area (Å²) in [6.45, 7) is -0.186. The lowest BCUT2D eigenvalue weighted by molar-refractivity contribution is 0.277. The summed E-state index contributed by atoms with van der Waals surface area (Å²) in [5.41, 5.74) is 6.64. The number of aliphatic hydroxyl groups excluding tert-OH is 1. The predicted molar refractivity (Wildman–Crippen MR) is 110 cm³/mol. The van der Waals surface area contributed by atoms with E-state index in [-0.39, 0.29) is 35.8 Å². The van der Waals surface area contributed by atoms with Gasteiger partial charge in [-0.05, 0) is 30.7 Å². The minimum Gasteiger partial charge on any atom is -0.396 e. The van der Waals surface area contributed by atoms with Crippen LogP contribution >= 0.6 is 0 Å². The second kappa shape index (κ2) is 8.02. The van der Waals surface area contributed by atoms with Gasteiger partial charge in [0.25, 0.3) is 5.56 Å². The third-order valence-corrected chi connectivity index (χ3v) is 4.63. The van der Waals surface area contributed by atoms with Crippen LogP contribution in [0.1, 0.15) is 23.9 Å². The van der Waals surface area contributed by atoms with Crippen molar-refractivity contribution in [2.45, 2.75) is 12.5 Å². The monoisotopic (exact) mass is 402 g/mol. The first-order valence-corrected chi connectivity index (χ1v) is 9.17. The number of para-hydroxylation sites is 1. The van der Waals surface area contributed by atoms with Crippen molar-refractivity contribution >= 4 is 17.2 Å². The molecule has 150 valence electrons. The molecular weight excluding hydrogens is 384 g/mol. The molecule has 0 spiro atoms. The molecule has 0 unspecified atom stereocenters. The van der Waals surface area contributed by atoms with E-state index < -0.39 is 6.04 Å². The zero-order valence-corrected chi connectivity index (χ0v) is 15.8. The summed E-state index contributed by atoms with van der Waals surface area (Å²) in [7, 11) is 0. The summed E-state index contributed by atoms with van der Waals surface area (Å²) >= 11 is 0. The van der Waals surface area contributed by atoms with E-state index in [0.717, 1.165) is 0 Å². The molecule has 0 aliphatic heterocycles. The van der Waals surface area contributed by atoms with Gasteiger partial charge in [0.05, 0.1) is 11.7 Å². The SMILES string of the molecule is N#Cc1c(N)ncnc1N[C@@H](CCO)c1nn2cccc2c(=O)n1-c1ccccc1. The lowest BCUT2D eigenvalue weighted by atomic mass is 10.1. The van der Waals surface area contributed by atoms with Gasteiger partial charge in [0.2, 0.25) is 0 Å². The van der Waals surface area contributed by atoms with Gasteiger partial charge in [-0.15, -0.1) is 0 Å². The quantitative estimate of drug-likeness (QED) is 0.437. The Morgan fingerprint density at radius 3 is 2.73 bits per heavy atom. The van der Waals surface area contributed by atoms with Gasteiger partial charge in [0.1, 0.15) is 35.1 Å². The standard InChI is InChI=1S/C20H18N8O2/c21-11-14-17(22)23-12-24-18(14)25-15(8-10-29)19-26-27-9-4-7-16(27)20(30)28(19)13-5-2-1-3-6-13/h1-7,9,12,15,29H,8,10H2,(H3,22,23,24,25)/t15-/m0/s1. The first-order valence-electron chi connectivity index (χ1n) is 9.17. The second-order valence-electron chi connectivity index (χ2n) is 6.48. The maximum atomic E-state index is 13.3. The number of benzene rings is 1. The predicted octanol–water partition coefficient (Wildman–Crippen LogP) is 1.26. The summed E-state index contributed by atoms with van der Waals surface area (Å²) in [6, 6.07) is 13.8. The Morgan fingerprint density at radius 2 is 2.00 bits per heavy atom. The minimum absolute atomic E-state index is 0.0343. The maximum Gasteiger partial charge on any atom is 0.282 e. The lowest BCUT2D eigenvalue weighted by Crippen LogP contribution is -2.30. The molecule has 0 saturated carbocycles. The first-order chi connectivity index (χ1) is 14.6. The number of rotatable bonds is 6. The van der Waals surface area contributed by atoms with Crippen LogP contribution in [0.15, 0.2) is 59.8 Å². The number of nitrogens with one attached hydrogen (secondary N) is 1. The fourth-order valence-electron chi connectivity index (χ4n) is 3.23. The molecule has 1 atom stereocenters. The number of hydrogen-bond acceptors (Lipinski definition) is 8. The largest absolute Gasteiger partial charge is 0.396 e. The average molecular weight is 402 g/mol. The number of anilines is 2. The topological polar surface area (TPSA) is 147 Å². The molecule has 3 aromatic heterocycles. The molecular formula is C20H18N8O2. The molecule has 0 amide bonds. The summed E-state index contributed by atoms with van der Waals surface area (Å²) < 4.78 is 2.97. The van der Waals surface area contributed by atoms with Gasteiger partial charge in [0.15, 0.2) is 5.82 Å². The number of hydrogen-bond donors (Lipinski definition) is 3. The molecule has 4 rings (SSSR count). The van der Waals surface area contributed by atoms with Crippen LogP contribution in [0.25, 0.3) is 11.2 Å². The molecule has 0 bridgehead atoms. The van der Waals surface area contributed by atoms with E-state index >= 15 is 0 Å². The molecule has 0 aliphatic carbocycles. The van der Waals surface area contributed by atoms with Gasteiger partial charge < -0.3 is 16.2 Å². The summed E-state index contributed by atoms with van der Waals surface area (Å²) in [4.78, 5) is 21.2. The van der Waals surface area contributed by atoms with E-state index in [1.54, 1.807) is 30.5 Å². The van der Waals surface area contributed by atoms with Crippen molar-refractivity contribution in [3.8, 4) is 11.8 Å². The first kappa shape index (κ1) is 19.1. The van der Waals surface area contributed by atoms with Crippen LogP contribution in [-0.2, 0) is 0 Å². The highest BCUT2D eigenvalue weighted by molar-refractivity contribution is 5.62. The second-order valence-corrected chi connectivity index (χ2v) is 6.48. The Hall–Kier alpha value is -4.23. The molecule has 0 radical (unpaired) electrons. The molecule has 3 heterocycles. The van der Waals surface area contributed by atoms with Crippen molar-refractivity contribution in [1.82, 2.24) is 24.1 Å². The number of nitrogens with zero attached hydrogens (tertiary/aromatic N) is 6. The Kier molecular flexibility index (Phi) is 5.11. The number of nitrogen functional groups attached to an aromatic ring is 1. The average Bonchev–Trinajstić information content (AvgIpc) is 3.23. The Labute approximate surface area is 170 Å². The van der Waals surface area contributed by atoms with E-state index in [4.69, 9.17) is 5.73 Å². The number of aliphatic hydroxyl groups is 1. The summed E-state index contributed by atoms with van der Waals surface area (Å²) in [6.07, 6.45) is 3.12. The number of nitrogens with two attached hydrogens (primary N) is 1. The maximum absolute atomic E-state index is 13.3. The van der Waals surface area contributed by atoms with Crippen LogP contribution in [-0.4, -0.2) is 35.9 Å². The molecule has 0 saturated heterocycles. The van der Waals surface area contributed by atoms with E-state index in [1.807, 2.05) is 24.3 Å². The highest BCUT2D eigenvalue weighted by atomic mass is 16.3. The zero-order chi connectivity index (χ0) is 21.1. The number of nitriles is 1. The zero-order valence-electron chi connectivity index (χ0n) is 15.8. The van der Waals surface area contributed by atoms with Crippen molar-refractivity contribution in [2.24, 2.45) is 0 Å². The van der Waals surface area contributed by atoms with E-state index in [1.165, 1.54) is 15.4 Å². The van der Waals surface area contributed by atoms with Crippen LogP contribution in [0.2, 0.25) is 0 Å². The van der Waals surface area contributed by atoms with Crippen LogP contribution in [0, 0.1) is 11.3 Å². The van der Waals surface area contributed by atoms with Gasteiger partial charge in [-0.1, -0.05) is 18.2 Å². The molecule has 4 N–H and O–H groups in total. The molecule has 10 heteroatoms. The Balaban J connectivity index is 1.92. The van der Waals surface area contributed by atoms with Gasteiger partial charge in [-0.3, -0.25) is 9.36 Å². The highest BCUT2D eigenvalue weighted by Gasteiger charge is 2.23. The number of fused-ring (bicyclic) bond motifs is 1. The van der Waals surface area contributed by atoms with Crippen LogP contribution in [0.5, 0.6) is 0 Å². The Bertz CT molecular complexity index is 1290. The fourth-order valence-corrected chi connectivity index (χ4v) is 3.23. The summed E-state index contributed by atoms with van der Waals surface area (Å²) in [5.74, 6) is 0.585. The van der Waals surface area contributed by atoms with Crippen molar-refractivity contribution in [3.63, 3.8) is 0 Å². The number of aromatic nitrogens is 5. The Morgan fingerprint density at radius 1 is 1.20 bits per heavy atom. The molecule has 30 heavy (non-hydrogen) atoms. The molecule has 4 aromatic rings. The molecule has 1 aromatic carbocycles. The fraction of sp³-hybridized carbons (Fsp3) is 0.150. The molecule has 10 nitrogen and oxygen atoms in total. The third-order valence-electron chi connectivity index (χ3n) is 4.63. The lowest BCUT2D eigenvalue weighted by Gasteiger charge is -2.22. The third kappa shape index (κ3) is 3.34.